The highest BCUT2D eigenvalue weighted by Gasteiger charge is 2.50. The fourth-order valence-electron chi connectivity index (χ4n) is 4.23. The molecular formula is C24H45NO9S. The fraction of sp³-hybridized carbons (Fsp3) is 0.875. The van der Waals surface area contributed by atoms with Gasteiger partial charge in [-0.05, 0) is 53.4 Å². The van der Waals surface area contributed by atoms with Crippen LogP contribution in [0.1, 0.15) is 87.5 Å². The Hall–Kier alpha value is -1.72. The largest absolute Gasteiger partial charge is 0.465 e. The molecule has 1 amide bonds. The van der Waals surface area contributed by atoms with E-state index in [0.717, 1.165) is 6.42 Å². The summed E-state index contributed by atoms with van der Waals surface area (Å²) in [4.78, 5) is 39.2. The van der Waals surface area contributed by atoms with E-state index in [4.69, 9.17) is 14.6 Å². The molecule has 0 aromatic rings. The highest BCUT2D eigenvalue weighted by molar-refractivity contribution is 7.85. The second-order valence-corrected chi connectivity index (χ2v) is 12.6. The standard InChI is InChI=1S/C24H45NO9S/c1-9-11-13-33-19(28)23(7,10-2)16-24(8,20(29)34-14-12-26)15-21(3,4)18(27)25-22(5,6)17-35(30,31)32/h26H,9-17H2,1-8H3,(H,25,27)(H,30,31,32). The first kappa shape index (κ1) is 33.3. The number of amides is 1. The zero-order valence-corrected chi connectivity index (χ0v) is 23.3. The molecule has 2 atom stereocenters. The number of hydrogen-bond donors (Lipinski definition) is 3. The lowest BCUT2D eigenvalue weighted by Gasteiger charge is -2.40. The van der Waals surface area contributed by atoms with Crippen LogP contribution in [0.3, 0.4) is 0 Å². The number of carbonyl (C=O) groups excluding carboxylic acids is 3. The van der Waals surface area contributed by atoms with Gasteiger partial charge in [-0.3, -0.25) is 18.9 Å². The van der Waals surface area contributed by atoms with Crippen molar-refractivity contribution >= 4 is 28.0 Å². The molecule has 0 spiro atoms. The van der Waals surface area contributed by atoms with Crippen LogP contribution < -0.4 is 5.32 Å². The van der Waals surface area contributed by atoms with E-state index in [-0.39, 0.29) is 32.7 Å². The summed E-state index contributed by atoms with van der Waals surface area (Å²) in [5, 5.41) is 11.8. The first-order chi connectivity index (χ1) is 15.8. The Bertz CT molecular complexity index is 838. The van der Waals surface area contributed by atoms with E-state index in [9.17, 15) is 27.4 Å². The summed E-state index contributed by atoms with van der Waals surface area (Å²) < 4.78 is 42.5. The molecule has 0 aromatic heterocycles. The Morgan fingerprint density at radius 1 is 0.857 bits per heavy atom. The minimum Gasteiger partial charge on any atom is -0.465 e. The Kier molecular flexibility index (Phi) is 12.4. The van der Waals surface area contributed by atoms with E-state index in [1.165, 1.54) is 13.8 Å². The zero-order valence-electron chi connectivity index (χ0n) is 22.5. The van der Waals surface area contributed by atoms with Crippen molar-refractivity contribution in [1.29, 1.82) is 0 Å². The molecular weight excluding hydrogens is 478 g/mol. The molecule has 0 heterocycles. The second-order valence-electron chi connectivity index (χ2n) is 11.1. The van der Waals surface area contributed by atoms with Crippen LogP contribution in [0.5, 0.6) is 0 Å². The molecule has 0 aromatic carbocycles. The van der Waals surface area contributed by atoms with Gasteiger partial charge in [0.05, 0.1) is 35.3 Å². The monoisotopic (exact) mass is 523 g/mol. The molecule has 35 heavy (non-hydrogen) atoms. The number of unbranched alkanes of at least 4 members (excludes halogenated alkanes) is 1. The van der Waals surface area contributed by atoms with Gasteiger partial charge in [0.25, 0.3) is 10.1 Å². The van der Waals surface area contributed by atoms with E-state index in [0.29, 0.717) is 12.8 Å². The number of carbonyl (C=O) groups is 3. The first-order valence-corrected chi connectivity index (χ1v) is 13.6. The van der Waals surface area contributed by atoms with Crippen LogP contribution in [0.4, 0.5) is 0 Å². The Morgan fingerprint density at radius 3 is 1.83 bits per heavy atom. The molecule has 10 nitrogen and oxygen atoms in total. The van der Waals surface area contributed by atoms with Crippen LogP contribution in [0.15, 0.2) is 0 Å². The number of ether oxygens (including phenoxy) is 2. The van der Waals surface area contributed by atoms with Gasteiger partial charge in [-0.1, -0.05) is 34.1 Å². The van der Waals surface area contributed by atoms with E-state index in [2.05, 4.69) is 5.32 Å². The summed E-state index contributed by atoms with van der Waals surface area (Å²) >= 11 is 0. The molecule has 0 saturated carbocycles. The second kappa shape index (κ2) is 13.0. The predicted octanol–water partition coefficient (Wildman–Crippen LogP) is 2.88. The van der Waals surface area contributed by atoms with Gasteiger partial charge < -0.3 is 19.9 Å². The van der Waals surface area contributed by atoms with E-state index in [1.807, 2.05) is 13.8 Å². The highest BCUT2D eigenvalue weighted by atomic mass is 32.2. The first-order valence-electron chi connectivity index (χ1n) is 12.0. The fourth-order valence-corrected chi connectivity index (χ4v) is 5.21. The highest BCUT2D eigenvalue weighted by Crippen LogP contribution is 2.45. The summed E-state index contributed by atoms with van der Waals surface area (Å²) in [6, 6.07) is 0. The molecule has 3 N–H and O–H groups in total. The van der Waals surface area contributed by atoms with Crippen molar-refractivity contribution in [2.75, 3.05) is 25.6 Å². The van der Waals surface area contributed by atoms with Gasteiger partial charge in [0, 0.05) is 5.41 Å². The summed E-state index contributed by atoms with van der Waals surface area (Å²) in [6.45, 7) is 12.9. The third kappa shape index (κ3) is 11.3. The molecule has 0 aliphatic rings. The van der Waals surface area contributed by atoms with Crippen molar-refractivity contribution in [3.05, 3.63) is 0 Å². The van der Waals surface area contributed by atoms with Crippen molar-refractivity contribution in [3.63, 3.8) is 0 Å². The average Bonchev–Trinajstić information content (AvgIpc) is 2.69. The number of hydrogen-bond acceptors (Lipinski definition) is 8. The van der Waals surface area contributed by atoms with Crippen molar-refractivity contribution in [2.45, 2.75) is 93.0 Å². The molecule has 206 valence electrons. The van der Waals surface area contributed by atoms with Gasteiger partial charge in [0.1, 0.15) is 6.61 Å². The maximum Gasteiger partial charge on any atom is 0.311 e. The van der Waals surface area contributed by atoms with Crippen LogP contribution in [-0.2, 0) is 34.0 Å². The van der Waals surface area contributed by atoms with Crippen molar-refractivity contribution in [1.82, 2.24) is 5.32 Å². The summed E-state index contributed by atoms with van der Waals surface area (Å²) in [6.07, 6.45) is 1.97. The molecule has 0 fully saturated rings. The van der Waals surface area contributed by atoms with Gasteiger partial charge >= 0.3 is 11.9 Å². The quantitative estimate of drug-likeness (QED) is 0.157. The minimum absolute atomic E-state index is 0.0319. The number of rotatable bonds is 16. The molecule has 0 rings (SSSR count). The molecule has 0 radical (unpaired) electrons. The SMILES string of the molecule is CCCCOC(=O)C(C)(CC)CC(C)(CC(C)(C)C(=O)NC(C)(C)CS(=O)(=O)O)C(=O)OCCO. The molecule has 2 unspecified atom stereocenters. The topological polar surface area (TPSA) is 156 Å². The summed E-state index contributed by atoms with van der Waals surface area (Å²) in [7, 11) is -4.34. The smallest absolute Gasteiger partial charge is 0.311 e. The van der Waals surface area contributed by atoms with Crippen molar-refractivity contribution in [3.8, 4) is 0 Å². The van der Waals surface area contributed by atoms with Crippen LogP contribution >= 0.6 is 0 Å². The minimum atomic E-state index is -4.34. The number of aliphatic hydroxyl groups excluding tert-OH is 1. The van der Waals surface area contributed by atoms with Gasteiger partial charge in [-0.2, -0.15) is 8.42 Å². The zero-order chi connectivity index (χ0) is 27.7. The molecule has 0 bridgehead atoms. The van der Waals surface area contributed by atoms with Gasteiger partial charge in [0.15, 0.2) is 0 Å². The van der Waals surface area contributed by atoms with Crippen LogP contribution in [-0.4, -0.2) is 67.0 Å². The average molecular weight is 524 g/mol. The summed E-state index contributed by atoms with van der Waals surface area (Å²) in [5.41, 5.74) is -4.80. The number of esters is 2. The van der Waals surface area contributed by atoms with E-state index in [1.54, 1.807) is 27.7 Å². The lowest BCUT2D eigenvalue weighted by atomic mass is 9.64. The molecule has 0 aliphatic heterocycles. The number of nitrogens with one attached hydrogen (secondary N) is 1. The molecule has 0 saturated heterocycles. The Morgan fingerprint density at radius 2 is 1.37 bits per heavy atom. The third-order valence-electron chi connectivity index (χ3n) is 6.04. The Balaban J connectivity index is 6.00. The van der Waals surface area contributed by atoms with Crippen molar-refractivity contribution in [2.24, 2.45) is 16.2 Å². The summed E-state index contributed by atoms with van der Waals surface area (Å²) in [5.74, 6) is -2.32. The lowest BCUT2D eigenvalue weighted by Crippen LogP contribution is -2.54. The molecule has 0 aliphatic carbocycles. The van der Waals surface area contributed by atoms with E-state index < -0.39 is 55.5 Å². The third-order valence-corrected chi connectivity index (χ3v) is 7.13. The van der Waals surface area contributed by atoms with Gasteiger partial charge in [-0.25, -0.2) is 0 Å². The predicted molar refractivity (Wildman–Crippen MR) is 132 cm³/mol. The van der Waals surface area contributed by atoms with Crippen LogP contribution in [0.25, 0.3) is 0 Å². The van der Waals surface area contributed by atoms with Gasteiger partial charge in [-0.15, -0.1) is 0 Å². The maximum atomic E-state index is 13.2. The van der Waals surface area contributed by atoms with E-state index >= 15 is 0 Å². The van der Waals surface area contributed by atoms with Crippen LogP contribution in [0.2, 0.25) is 0 Å². The molecule has 11 heteroatoms. The Labute approximate surface area is 210 Å². The van der Waals surface area contributed by atoms with Crippen molar-refractivity contribution < 1.29 is 41.9 Å². The number of aliphatic hydroxyl groups is 1. The van der Waals surface area contributed by atoms with Crippen LogP contribution in [0, 0.1) is 16.2 Å². The normalized spacial score (nSPS) is 16.1. The maximum absolute atomic E-state index is 13.2. The lowest BCUT2D eigenvalue weighted by molar-refractivity contribution is -0.167. The van der Waals surface area contributed by atoms with Gasteiger partial charge in [0.2, 0.25) is 5.91 Å².